The lowest BCUT2D eigenvalue weighted by Crippen LogP contribution is -2.47. The molecule has 1 aliphatic heterocycles. The molecule has 0 aromatic carbocycles. The molecule has 2 atom stereocenters. The molecule has 0 unspecified atom stereocenters. The number of piperidine rings is 1. The fourth-order valence-corrected chi connectivity index (χ4v) is 3.89. The first kappa shape index (κ1) is 17.0. The predicted molar refractivity (Wildman–Crippen MR) is 105 cm³/mol. The fourth-order valence-electron chi connectivity index (χ4n) is 3.89. The Bertz CT molecular complexity index is 887. The summed E-state index contributed by atoms with van der Waals surface area (Å²) in [7, 11) is 0. The highest BCUT2D eigenvalue weighted by molar-refractivity contribution is 5.89. The van der Waals surface area contributed by atoms with Crippen LogP contribution in [0.5, 0.6) is 0 Å². The first-order valence-corrected chi connectivity index (χ1v) is 9.39. The summed E-state index contributed by atoms with van der Waals surface area (Å²) in [6, 6.07) is 10.4. The van der Waals surface area contributed by atoms with E-state index in [0.29, 0.717) is 11.8 Å². The van der Waals surface area contributed by atoms with Crippen molar-refractivity contribution in [3.05, 3.63) is 36.5 Å². The van der Waals surface area contributed by atoms with Crippen molar-refractivity contribution in [3.8, 4) is 11.4 Å². The van der Waals surface area contributed by atoms with Crippen LogP contribution in [0, 0.1) is 11.8 Å². The van der Waals surface area contributed by atoms with Gasteiger partial charge in [-0.2, -0.15) is 5.10 Å². The number of hydrogen-bond donors (Lipinski definition) is 2. The van der Waals surface area contributed by atoms with E-state index < -0.39 is 0 Å². The van der Waals surface area contributed by atoms with E-state index in [4.69, 9.17) is 10.7 Å². The Morgan fingerprint density at radius 3 is 3.00 bits per heavy atom. The van der Waals surface area contributed by atoms with Crippen molar-refractivity contribution >= 4 is 16.9 Å². The van der Waals surface area contributed by atoms with Crippen LogP contribution < -0.4 is 10.6 Å². The average molecular weight is 350 g/mol. The van der Waals surface area contributed by atoms with Crippen molar-refractivity contribution < 1.29 is 0 Å². The molecule has 0 spiro atoms. The Morgan fingerprint density at radius 1 is 1.27 bits per heavy atom. The number of anilines is 1. The second-order valence-corrected chi connectivity index (χ2v) is 7.64. The zero-order valence-corrected chi connectivity index (χ0v) is 15.4. The summed E-state index contributed by atoms with van der Waals surface area (Å²) >= 11 is 0. The summed E-state index contributed by atoms with van der Waals surface area (Å²) in [6.45, 7) is 6.45. The van der Waals surface area contributed by atoms with Gasteiger partial charge in [0.2, 0.25) is 0 Å². The van der Waals surface area contributed by atoms with E-state index in [9.17, 15) is 0 Å². The molecule has 3 aromatic rings. The van der Waals surface area contributed by atoms with E-state index in [1.807, 2.05) is 18.2 Å². The number of rotatable bonds is 4. The van der Waals surface area contributed by atoms with Crippen LogP contribution in [-0.2, 0) is 0 Å². The Kier molecular flexibility index (Phi) is 4.59. The van der Waals surface area contributed by atoms with E-state index in [1.54, 1.807) is 6.20 Å². The number of hydrogen-bond acceptors (Lipinski definition) is 5. The number of nitrogens with two attached hydrogens (primary N) is 1. The van der Waals surface area contributed by atoms with E-state index in [1.165, 1.54) is 0 Å². The standard InChI is InChI=1S/C20H26N6/c1-13(2)11-14-12-26(10-8-16(14)21)18-7-3-6-17(23-18)19-15-5-4-9-22-20(15)25-24-19/h3-7,9,13-14,16H,8,10-12,21H2,1-2H3,(H,22,24,25)/t14-,16-/m1/s1. The predicted octanol–water partition coefficient (Wildman–Crippen LogP) is 3.22. The maximum atomic E-state index is 6.37. The van der Waals surface area contributed by atoms with Gasteiger partial charge >= 0.3 is 0 Å². The van der Waals surface area contributed by atoms with Crippen LogP contribution in [0.15, 0.2) is 36.5 Å². The average Bonchev–Trinajstić information content (AvgIpc) is 3.07. The molecule has 0 saturated carbocycles. The molecule has 1 saturated heterocycles. The van der Waals surface area contributed by atoms with Gasteiger partial charge < -0.3 is 10.6 Å². The van der Waals surface area contributed by atoms with Gasteiger partial charge in [0.05, 0.1) is 5.69 Å². The Balaban J connectivity index is 1.61. The van der Waals surface area contributed by atoms with Gasteiger partial charge in [0.25, 0.3) is 0 Å². The van der Waals surface area contributed by atoms with Gasteiger partial charge in [0.1, 0.15) is 11.5 Å². The van der Waals surface area contributed by atoms with Crippen LogP contribution in [0.2, 0.25) is 0 Å². The minimum Gasteiger partial charge on any atom is -0.356 e. The highest BCUT2D eigenvalue weighted by Gasteiger charge is 2.28. The first-order valence-electron chi connectivity index (χ1n) is 9.39. The lowest BCUT2D eigenvalue weighted by Gasteiger charge is -2.38. The van der Waals surface area contributed by atoms with Crippen molar-refractivity contribution in [2.45, 2.75) is 32.7 Å². The molecular formula is C20H26N6. The van der Waals surface area contributed by atoms with Gasteiger partial charge in [-0.3, -0.25) is 5.10 Å². The third-order valence-electron chi connectivity index (χ3n) is 5.20. The van der Waals surface area contributed by atoms with E-state index in [-0.39, 0.29) is 6.04 Å². The number of nitrogens with zero attached hydrogens (tertiary/aromatic N) is 4. The van der Waals surface area contributed by atoms with Gasteiger partial charge in [0, 0.05) is 30.7 Å². The molecule has 1 aliphatic rings. The summed E-state index contributed by atoms with van der Waals surface area (Å²) in [5, 5.41) is 8.41. The van der Waals surface area contributed by atoms with Crippen LogP contribution in [0.25, 0.3) is 22.4 Å². The summed E-state index contributed by atoms with van der Waals surface area (Å²) in [6.07, 6.45) is 3.94. The number of nitrogens with one attached hydrogen (secondary N) is 1. The van der Waals surface area contributed by atoms with Crippen LogP contribution in [0.1, 0.15) is 26.7 Å². The largest absolute Gasteiger partial charge is 0.356 e. The lowest BCUT2D eigenvalue weighted by molar-refractivity contribution is 0.303. The highest BCUT2D eigenvalue weighted by Crippen LogP contribution is 2.28. The molecular weight excluding hydrogens is 324 g/mol. The minimum absolute atomic E-state index is 0.290. The normalized spacial score (nSPS) is 20.8. The topological polar surface area (TPSA) is 83.7 Å². The maximum absolute atomic E-state index is 6.37. The number of pyridine rings is 2. The monoisotopic (exact) mass is 350 g/mol. The molecule has 3 N–H and O–H groups in total. The Labute approximate surface area is 153 Å². The molecule has 4 heterocycles. The first-order chi connectivity index (χ1) is 12.6. The summed E-state index contributed by atoms with van der Waals surface area (Å²) in [4.78, 5) is 11.6. The SMILES string of the molecule is CC(C)C[C@@H]1CN(c2cccc(-c3n[nH]c4ncccc34)n2)CC[C@H]1N. The lowest BCUT2D eigenvalue weighted by atomic mass is 9.86. The van der Waals surface area contributed by atoms with Crippen molar-refractivity contribution in [2.24, 2.45) is 17.6 Å². The van der Waals surface area contributed by atoms with E-state index >= 15 is 0 Å². The zero-order chi connectivity index (χ0) is 18.1. The van der Waals surface area contributed by atoms with Crippen molar-refractivity contribution in [1.82, 2.24) is 20.2 Å². The molecule has 136 valence electrons. The second-order valence-electron chi connectivity index (χ2n) is 7.64. The fraction of sp³-hybridized carbons (Fsp3) is 0.450. The number of aromatic nitrogens is 4. The molecule has 4 rings (SSSR count). The molecule has 0 radical (unpaired) electrons. The van der Waals surface area contributed by atoms with Crippen LogP contribution >= 0.6 is 0 Å². The molecule has 1 fully saturated rings. The van der Waals surface area contributed by atoms with Crippen LogP contribution in [0.4, 0.5) is 5.82 Å². The number of aromatic amines is 1. The van der Waals surface area contributed by atoms with Crippen molar-refractivity contribution in [1.29, 1.82) is 0 Å². The third-order valence-corrected chi connectivity index (χ3v) is 5.20. The third kappa shape index (κ3) is 3.29. The molecule has 6 heteroatoms. The Hall–Kier alpha value is -2.47. The van der Waals surface area contributed by atoms with Crippen LogP contribution in [-0.4, -0.2) is 39.3 Å². The van der Waals surface area contributed by atoms with Crippen LogP contribution in [0.3, 0.4) is 0 Å². The van der Waals surface area contributed by atoms with Gasteiger partial charge in [0.15, 0.2) is 5.65 Å². The summed E-state index contributed by atoms with van der Waals surface area (Å²) in [5.41, 5.74) is 8.88. The number of fused-ring (bicyclic) bond motifs is 1. The highest BCUT2D eigenvalue weighted by atomic mass is 15.2. The minimum atomic E-state index is 0.290. The molecule has 0 bridgehead atoms. The van der Waals surface area contributed by atoms with Gasteiger partial charge in [-0.15, -0.1) is 0 Å². The number of H-pyrrole nitrogens is 1. The van der Waals surface area contributed by atoms with E-state index in [0.717, 1.165) is 54.2 Å². The van der Waals surface area contributed by atoms with Gasteiger partial charge in [-0.05, 0) is 48.9 Å². The quantitative estimate of drug-likeness (QED) is 0.755. The molecule has 3 aromatic heterocycles. The maximum Gasteiger partial charge on any atom is 0.155 e. The molecule has 0 amide bonds. The van der Waals surface area contributed by atoms with Crippen molar-refractivity contribution in [3.63, 3.8) is 0 Å². The molecule has 0 aliphatic carbocycles. The van der Waals surface area contributed by atoms with E-state index in [2.05, 4.69) is 46.1 Å². The molecule has 26 heavy (non-hydrogen) atoms. The zero-order valence-electron chi connectivity index (χ0n) is 15.4. The van der Waals surface area contributed by atoms with Crippen molar-refractivity contribution in [2.75, 3.05) is 18.0 Å². The molecule has 6 nitrogen and oxygen atoms in total. The van der Waals surface area contributed by atoms with Gasteiger partial charge in [-0.25, -0.2) is 9.97 Å². The summed E-state index contributed by atoms with van der Waals surface area (Å²) < 4.78 is 0. The van der Waals surface area contributed by atoms with Gasteiger partial charge in [-0.1, -0.05) is 19.9 Å². The Morgan fingerprint density at radius 2 is 2.15 bits per heavy atom. The smallest absolute Gasteiger partial charge is 0.155 e. The summed E-state index contributed by atoms with van der Waals surface area (Å²) in [5.74, 6) is 2.18. The second kappa shape index (κ2) is 7.03.